The Balaban J connectivity index is 1.93. The summed E-state index contributed by atoms with van der Waals surface area (Å²) in [5, 5.41) is 13.7. The third kappa shape index (κ3) is 2.28. The molecule has 0 amide bonds. The Morgan fingerprint density at radius 2 is 2.13 bits per heavy atom. The Labute approximate surface area is 87.1 Å². The molecule has 3 N–H and O–H groups in total. The molecule has 0 bridgehead atoms. The zero-order valence-corrected chi connectivity index (χ0v) is 8.66. The summed E-state index contributed by atoms with van der Waals surface area (Å²) in [4.78, 5) is 2.95. The van der Waals surface area contributed by atoms with Gasteiger partial charge in [-0.3, -0.25) is 4.98 Å². The predicted octanol–water partition coefficient (Wildman–Crippen LogP) is 1.36. The second-order valence-corrected chi connectivity index (χ2v) is 3.14. The smallest absolute Gasteiger partial charge is 0.223 e. The molecular weight excluding hydrogens is 194 g/mol. The molecule has 0 aliphatic rings. The number of anilines is 2. The summed E-state index contributed by atoms with van der Waals surface area (Å²) in [5.41, 5.74) is 0. The molecule has 6 nitrogen and oxygen atoms in total. The minimum absolute atomic E-state index is 0.589. The molecule has 0 saturated carbocycles. The largest absolute Gasteiger partial charge is 0.465 e. The highest BCUT2D eigenvalue weighted by atomic mass is 16.3. The van der Waals surface area contributed by atoms with E-state index in [4.69, 9.17) is 4.42 Å². The summed E-state index contributed by atoms with van der Waals surface area (Å²) < 4.78 is 5.40. The molecule has 0 spiro atoms. The van der Waals surface area contributed by atoms with E-state index in [-0.39, 0.29) is 0 Å². The molecule has 2 aromatic heterocycles. The molecule has 15 heavy (non-hydrogen) atoms. The minimum Gasteiger partial charge on any atom is -0.465 e. The van der Waals surface area contributed by atoms with Crippen LogP contribution in [0.15, 0.2) is 16.5 Å². The molecule has 2 rings (SSSR count). The fraction of sp³-hybridized carbons (Fsp3) is 0.333. The number of nitrogens with one attached hydrogen (secondary N) is 3. The van der Waals surface area contributed by atoms with Crippen molar-refractivity contribution >= 4 is 11.9 Å². The van der Waals surface area contributed by atoms with Crippen molar-refractivity contribution in [2.45, 2.75) is 13.5 Å². The van der Waals surface area contributed by atoms with Crippen LogP contribution in [0, 0.1) is 6.92 Å². The van der Waals surface area contributed by atoms with Gasteiger partial charge in [0.2, 0.25) is 11.9 Å². The molecule has 0 aliphatic carbocycles. The lowest BCUT2D eigenvalue weighted by Crippen LogP contribution is -1.99. The zero-order chi connectivity index (χ0) is 10.7. The molecule has 6 heteroatoms. The molecule has 0 radical (unpaired) electrons. The molecule has 0 aliphatic heterocycles. The average Bonchev–Trinajstić information content (AvgIpc) is 2.83. The van der Waals surface area contributed by atoms with Crippen LogP contribution in [0.4, 0.5) is 11.9 Å². The van der Waals surface area contributed by atoms with Crippen LogP contribution in [0.5, 0.6) is 0 Å². The lowest BCUT2D eigenvalue weighted by Gasteiger charge is -1.98. The van der Waals surface area contributed by atoms with E-state index in [1.807, 2.05) is 19.1 Å². The number of aromatic nitrogens is 3. The molecule has 0 unspecified atom stereocenters. The molecule has 2 aromatic rings. The second kappa shape index (κ2) is 4.04. The first-order chi connectivity index (χ1) is 7.28. The van der Waals surface area contributed by atoms with Gasteiger partial charge in [0.15, 0.2) is 0 Å². The minimum atomic E-state index is 0.589. The highest BCUT2D eigenvalue weighted by Crippen LogP contribution is 2.08. The van der Waals surface area contributed by atoms with Crippen molar-refractivity contribution in [2.24, 2.45) is 0 Å². The van der Waals surface area contributed by atoms with E-state index in [2.05, 4.69) is 25.8 Å². The van der Waals surface area contributed by atoms with Gasteiger partial charge in [0.25, 0.3) is 0 Å². The first-order valence-corrected chi connectivity index (χ1v) is 4.67. The number of aromatic amines is 1. The number of furan rings is 1. The van der Waals surface area contributed by atoms with Gasteiger partial charge in [-0.1, -0.05) is 0 Å². The standard InChI is InChI=1S/C9H13N5O/c1-6-3-4-7(15-6)5-11-9-12-8(10-2)13-14-9/h3-4H,5H2,1-2H3,(H3,10,11,12,13,14). The fourth-order valence-corrected chi connectivity index (χ4v) is 1.21. The zero-order valence-electron chi connectivity index (χ0n) is 8.66. The van der Waals surface area contributed by atoms with Gasteiger partial charge in [-0.05, 0) is 19.1 Å². The molecule has 0 atom stereocenters. The molecular formula is C9H13N5O. The SMILES string of the molecule is CNc1nnc(NCc2ccc(C)o2)[nH]1. The third-order valence-corrected chi connectivity index (χ3v) is 1.95. The van der Waals surface area contributed by atoms with Gasteiger partial charge < -0.3 is 15.1 Å². The predicted molar refractivity (Wildman–Crippen MR) is 56.7 cm³/mol. The number of nitrogens with zero attached hydrogens (tertiary/aromatic N) is 2. The van der Waals surface area contributed by atoms with E-state index in [9.17, 15) is 0 Å². The summed E-state index contributed by atoms with van der Waals surface area (Å²) in [6, 6.07) is 3.86. The van der Waals surface area contributed by atoms with Gasteiger partial charge in [-0.15, -0.1) is 10.2 Å². The molecule has 80 valence electrons. The molecule has 0 saturated heterocycles. The van der Waals surface area contributed by atoms with Crippen molar-refractivity contribution in [3.8, 4) is 0 Å². The Morgan fingerprint density at radius 3 is 2.73 bits per heavy atom. The maximum atomic E-state index is 5.40. The van der Waals surface area contributed by atoms with E-state index in [1.165, 1.54) is 0 Å². The van der Waals surface area contributed by atoms with Crippen LogP contribution >= 0.6 is 0 Å². The van der Waals surface area contributed by atoms with Crippen molar-refractivity contribution in [2.75, 3.05) is 17.7 Å². The molecule has 0 aromatic carbocycles. The third-order valence-electron chi connectivity index (χ3n) is 1.95. The van der Waals surface area contributed by atoms with Crippen LogP contribution in [0.3, 0.4) is 0 Å². The normalized spacial score (nSPS) is 10.3. The lowest BCUT2D eigenvalue weighted by molar-refractivity contribution is 0.490. The monoisotopic (exact) mass is 207 g/mol. The van der Waals surface area contributed by atoms with Gasteiger partial charge in [-0.25, -0.2) is 0 Å². The Bertz CT molecular complexity index is 433. The topological polar surface area (TPSA) is 78.8 Å². The number of H-pyrrole nitrogens is 1. The van der Waals surface area contributed by atoms with Crippen LogP contribution < -0.4 is 10.6 Å². The van der Waals surface area contributed by atoms with Crippen LogP contribution in [0.2, 0.25) is 0 Å². The van der Waals surface area contributed by atoms with E-state index >= 15 is 0 Å². The molecule has 0 fully saturated rings. The van der Waals surface area contributed by atoms with E-state index in [0.717, 1.165) is 11.5 Å². The first-order valence-electron chi connectivity index (χ1n) is 4.67. The average molecular weight is 207 g/mol. The van der Waals surface area contributed by atoms with Crippen LogP contribution in [-0.4, -0.2) is 22.2 Å². The van der Waals surface area contributed by atoms with Crippen LogP contribution in [0.1, 0.15) is 11.5 Å². The number of aryl methyl sites for hydroxylation is 1. The summed E-state index contributed by atoms with van der Waals surface area (Å²) in [7, 11) is 1.78. The summed E-state index contributed by atoms with van der Waals surface area (Å²) in [6.07, 6.45) is 0. The van der Waals surface area contributed by atoms with E-state index < -0.39 is 0 Å². The lowest BCUT2D eigenvalue weighted by atomic mass is 10.4. The fourth-order valence-electron chi connectivity index (χ4n) is 1.21. The van der Waals surface area contributed by atoms with Crippen molar-refractivity contribution in [3.05, 3.63) is 23.7 Å². The van der Waals surface area contributed by atoms with Crippen molar-refractivity contribution < 1.29 is 4.42 Å². The van der Waals surface area contributed by atoms with Crippen LogP contribution in [-0.2, 0) is 6.54 Å². The Morgan fingerprint density at radius 1 is 1.33 bits per heavy atom. The second-order valence-electron chi connectivity index (χ2n) is 3.14. The van der Waals surface area contributed by atoms with Crippen molar-refractivity contribution in [1.29, 1.82) is 0 Å². The maximum absolute atomic E-state index is 5.40. The highest BCUT2D eigenvalue weighted by molar-refractivity contribution is 5.33. The summed E-state index contributed by atoms with van der Waals surface area (Å²) in [6.45, 7) is 2.50. The van der Waals surface area contributed by atoms with Gasteiger partial charge >= 0.3 is 0 Å². The number of hydrogen-bond acceptors (Lipinski definition) is 5. The first kappa shape index (κ1) is 9.57. The van der Waals surface area contributed by atoms with E-state index in [0.29, 0.717) is 18.4 Å². The number of rotatable bonds is 4. The van der Waals surface area contributed by atoms with Gasteiger partial charge in [0, 0.05) is 7.05 Å². The Kier molecular flexibility index (Phi) is 2.57. The van der Waals surface area contributed by atoms with E-state index in [1.54, 1.807) is 7.05 Å². The quantitative estimate of drug-likeness (QED) is 0.705. The van der Waals surface area contributed by atoms with Gasteiger partial charge in [0.05, 0.1) is 6.54 Å². The summed E-state index contributed by atoms with van der Waals surface area (Å²) in [5.74, 6) is 3.02. The highest BCUT2D eigenvalue weighted by Gasteiger charge is 2.02. The summed E-state index contributed by atoms with van der Waals surface area (Å²) >= 11 is 0. The van der Waals surface area contributed by atoms with Gasteiger partial charge in [-0.2, -0.15) is 0 Å². The van der Waals surface area contributed by atoms with Crippen LogP contribution in [0.25, 0.3) is 0 Å². The maximum Gasteiger partial charge on any atom is 0.223 e. The van der Waals surface area contributed by atoms with Crippen molar-refractivity contribution in [3.63, 3.8) is 0 Å². The Hall–Kier alpha value is -1.98. The number of hydrogen-bond donors (Lipinski definition) is 3. The molecule has 2 heterocycles. The van der Waals surface area contributed by atoms with Gasteiger partial charge in [0.1, 0.15) is 11.5 Å². The van der Waals surface area contributed by atoms with Crippen molar-refractivity contribution in [1.82, 2.24) is 15.2 Å².